The molecule has 0 unspecified atom stereocenters. The van der Waals surface area contributed by atoms with Gasteiger partial charge in [0.25, 0.3) is 0 Å². The van der Waals surface area contributed by atoms with Crippen molar-refractivity contribution in [2.24, 2.45) is 0 Å². The lowest BCUT2D eigenvalue weighted by atomic mass is 9.94. The molecule has 4 heterocycles. The lowest BCUT2D eigenvalue weighted by Crippen LogP contribution is -2.67. The molecule has 2 aliphatic heterocycles. The van der Waals surface area contributed by atoms with Gasteiger partial charge in [0.15, 0.2) is 17.7 Å². The predicted octanol–water partition coefficient (Wildman–Crippen LogP) is -1.94. The molecule has 7 atom stereocenters. The molecule has 0 saturated carbocycles. The van der Waals surface area contributed by atoms with E-state index < -0.39 is 66.9 Å². The number of H-pyrrole nitrogens is 1. The van der Waals surface area contributed by atoms with E-state index in [4.69, 9.17) is 9.47 Å². The van der Waals surface area contributed by atoms with Crippen molar-refractivity contribution in [2.45, 2.75) is 75.5 Å². The van der Waals surface area contributed by atoms with Gasteiger partial charge in [-0.05, 0) is 27.2 Å². The average Bonchev–Trinajstić information content (AvgIpc) is 3.44. The van der Waals surface area contributed by atoms with Gasteiger partial charge in [-0.3, -0.25) is 9.69 Å². The summed E-state index contributed by atoms with van der Waals surface area (Å²) in [6.45, 7) is 4.52. The van der Waals surface area contributed by atoms with Crippen LogP contribution in [0.2, 0.25) is 0 Å². The van der Waals surface area contributed by atoms with E-state index in [1.165, 1.54) is 12.7 Å². The molecule has 36 heavy (non-hydrogen) atoms. The third kappa shape index (κ3) is 5.19. The van der Waals surface area contributed by atoms with Crippen LogP contribution in [0.5, 0.6) is 0 Å². The van der Waals surface area contributed by atoms with Crippen LogP contribution in [0.25, 0.3) is 11.2 Å². The number of anilines is 1. The molecule has 2 aromatic heterocycles. The third-order valence-electron chi connectivity index (χ3n) is 6.00. The number of aliphatic hydroxyl groups is 4. The summed E-state index contributed by atoms with van der Waals surface area (Å²) in [5, 5.41) is 47.2. The van der Waals surface area contributed by atoms with Gasteiger partial charge in [0.1, 0.15) is 41.8 Å². The number of nitrogens with zero attached hydrogens (tertiary/aromatic N) is 4. The fourth-order valence-electron chi connectivity index (χ4n) is 4.30. The molecule has 2 aliphatic rings. The summed E-state index contributed by atoms with van der Waals surface area (Å²) in [4.78, 5) is 41.8. The van der Waals surface area contributed by atoms with Gasteiger partial charge in [-0.15, -0.1) is 0 Å². The zero-order valence-electron chi connectivity index (χ0n) is 20.0. The number of aromatic nitrogens is 4. The standard InChI is InChI=1S/C21H31N7O8/c1-21(2,3)36-20(34)28-5-4-9(30)13(28)18(33)26-11-10(6-29)35-19(15(32)14(11)31)27-17-12-16(23-7-22-12)24-8-25-17/h7-11,13-15,19,29-32H,4-6H2,1-3H3,(H,26,33)(H2,22,23,24,25,27)/t9-,10+,11+,13-,14-,15+,19+/m1/s1. The van der Waals surface area contributed by atoms with Crippen molar-refractivity contribution < 1.29 is 39.5 Å². The van der Waals surface area contributed by atoms with E-state index in [0.29, 0.717) is 11.2 Å². The maximum Gasteiger partial charge on any atom is 0.411 e. The van der Waals surface area contributed by atoms with Crippen molar-refractivity contribution >= 4 is 29.0 Å². The molecule has 4 rings (SSSR count). The zero-order valence-corrected chi connectivity index (χ0v) is 20.0. The minimum atomic E-state index is -1.58. The maximum atomic E-state index is 13.1. The molecule has 2 aromatic rings. The molecule has 2 saturated heterocycles. The average molecular weight is 510 g/mol. The highest BCUT2D eigenvalue weighted by molar-refractivity contribution is 5.87. The van der Waals surface area contributed by atoms with Crippen molar-refractivity contribution in [3.63, 3.8) is 0 Å². The summed E-state index contributed by atoms with van der Waals surface area (Å²) >= 11 is 0. The molecule has 0 radical (unpaired) electrons. The second-order valence-corrected chi connectivity index (χ2v) is 9.74. The smallest absolute Gasteiger partial charge is 0.411 e. The molecular weight excluding hydrogens is 478 g/mol. The van der Waals surface area contributed by atoms with E-state index in [1.54, 1.807) is 20.8 Å². The molecule has 0 aromatic carbocycles. The van der Waals surface area contributed by atoms with Crippen LogP contribution in [0.4, 0.5) is 10.6 Å². The number of ether oxygens (including phenoxy) is 2. The quantitative estimate of drug-likeness (QED) is 0.234. The van der Waals surface area contributed by atoms with Gasteiger partial charge in [0.05, 0.1) is 25.1 Å². The van der Waals surface area contributed by atoms with E-state index >= 15 is 0 Å². The van der Waals surface area contributed by atoms with Gasteiger partial charge in [-0.2, -0.15) is 0 Å². The molecule has 15 heteroatoms. The van der Waals surface area contributed by atoms with Gasteiger partial charge in [-0.1, -0.05) is 0 Å². The highest BCUT2D eigenvalue weighted by atomic mass is 16.6. The largest absolute Gasteiger partial charge is 0.444 e. The monoisotopic (exact) mass is 509 g/mol. The number of carbonyl (C=O) groups is 2. The normalized spacial score (nSPS) is 30.9. The number of nitrogens with one attached hydrogen (secondary N) is 3. The van der Waals surface area contributed by atoms with E-state index in [9.17, 15) is 30.0 Å². The fourth-order valence-corrected chi connectivity index (χ4v) is 4.30. The summed E-state index contributed by atoms with van der Waals surface area (Å²) in [6, 6.07) is -2.53. The SMILES string of the molecule is CC(C)(C)OC(=O)N1CC[C@@H](O)[C@@H]1C(=O)N[C@@H]1[C@@H](O)[C@H](O)[C@@H](Nc2ncnc3nc[nH]c23)O[C@H]1CO. The Hall–Kier alpha value is -3.11. The number of aromatic amines is 1. The molecular formula is C21H31N7O8. The van der Waals surface area contributed by atoms with Gasteiger partial charge < -0.3 is 45.5 Å². The molecule has 0 spiro atoms. The van der Waals surface area contributed by atoms with Gasteiger partial charge in [-0.25, -0.2) is 19.7 Å². The topological polar surface area (TPSA) is 215 Å². The Morgan fingerprint density at radius 3 is 2.67 bits per heavy atom. The Morgan fingerprint density at radius 1 is 1.22 bits per heavy atom. The van der Waals surface area contributed by atoms with Crippen molar-refractivity contribution in [1.82, 2.24) is 30.2 Å². The number of likely N-dealkylation sites (tertiary alicyclic amines) is 1. The van der Waals surface area contributed by atoms with Crippen LogP contribution in [0.1, 0.15) is 27.2 Å². The number of fused-ring (bicyclic) bond motifs is 1. The summed E-state index contributed by atoms with van der Waals surface area (Å²) < 4.78 is 11.1. The zero-order chi connectivity index (χ0) is 26.2. The van der Waals surface area contributed by atoms with Crippen molar-refractivity contribution in [1.29, 1.82) is 0 Å². The lowest BCUT2D eigenvalue weighted by Gasteiger charge is -2.43. The number of hydrogen-bond acceptors (Lipinski definition) is 12. The molecule has 2 amide bonds. The van der Waals surface area contributed by atoms with Gasteiger partial charge in [0.2, 0.25) is 5.91 Å². The Labute approximate surface area is 205 Å². The molecule has 0 bridgehead atoms. The molecule has 198 valence electrons. The van der Waals surface area contributed by atoms with E-state index in [2.05, 4.69) is 30.6 Å². The predicted molar refractivity (Wildman–Crippen MR) is 122 cm³/mol. The maximum absolute atomic E-state index is 13.1. The minimum Gasteiger partial charge on any atom is -0.444 e. The summed E-state index contributed by atoms with van der Waals surface area (Å²) in [6.07, 6.45) is -4.59. The number of hydrogen-bond donors (Lipinski definition) is 7. The molecule has 15 nitrogen and oxygen atoms in total. The third-order valence-corrected chi connectivity index (χ3v) is 6.00. The highest BCUT2D eigenvalue weighted by Gasteiger charge is 2.48. The Balaban J connectivity index is 1.47. The Morgan fingerprint density at radius 2 is 1.97 bits per heavy atom. The molecule has 0 aliphatic carbocycles. The first-order valence-electron chi connectivity index (χ1n) is 11.5. The lowest BCUT2D eigenvalue weighted by molar-refractivity contribution is -0.186. The summed E-state index contributed by atoms with van der Waals surface area (Å²) in [5.74, 6) is -0.541. The van der Waals surface area contributed by atoms with Crippen molar-refractivity contribution in [2.75, 3.05) is 18.5 Å². The first-order valence-corrected chi connectivity index (χ1v) is 11.5. The first-order chi connectivity index (χ1) is 17.0. The summed E-state index contributed by atoms with van der Waals surface area (Å²) in [7, 11) is 0. The van der Waals surface area contributed by atoms with Crippen LogP contribution in [0.3, 0.4) is 0 Å². The van der Waals surface area contributed by atoms with Crippen LogP contribution < -0.4 is 10.6 Å². The van der Waals surface area contributed by atoms with Crippen LogP contribution in [-0.2, 0) is 14.3 Å². The second kappa shape index (κ2) is 10.1. The number of rotatable bonds is 5. The molecule has 7 N–H and O–H groups in total. The number of imidazole rings is 1. The Kier molecular flexibility index (Phi) is 7.28. The minimum absolute atomic E-state index is 0.0942. The van der Waals surface area contributed by atoms with Crippen molar-refractivity contribution in [3.8, 4) is 0 Å². The first kappa shape index (κ1) is 26.0. The van der Waals surface area contributed by atoms with Crippen LogP contribution in [0, 0.1) is 0 Å². The Bertz CT molecular complexity index is 1090. The molecule has 2 fully saturated rings. The number of carbonyl (C=O) groups excluding carboxylic acids is 2. The van der Waals surface area contributed by atoms with E-state index in [-0.39, 0.29) is 18.8 Å². The van der Waals surface area contributed by atoms with Crippen LogP contribution >= 0.6 is 0 Å². The number of aliphatic hydroxyl groups excluding tert-OH is 4. The van der Waals surface area contributed by atoms with E-state index in [1.807, 2.05) is 0 Å². The summed E-state index contributed by atoms with van der Waals surface area (Å²) in [5.41, 5.74) is 0.00146. The van der Waals surface area contributed by atoms with Crippen LogP contribution in [-0.4, -0.2) is 119 Å². The van der Waals surface area contributed by atoms with E-state index in [0.717, 1.165) is 4.90 Å². The second-order valence-electron chi connectivity index (χ2n) is 9.74. The fraction of sp³-hybridized carbons (Fsp3) is 0.667. The van der Waals surface area contributed by atoms with Crippen molar-refractivity contribution in [3.05, 3.63) is 12.7 Å². The van der Waals surface area contributed by atoms with Gasteiger partial charge in [0, 0.05) is 6.54 Å². The highest BCUT2D eigenvalue weighted by Crippen LogP contribution is 2.26. The number of amides is 2. The van der Waals surface area contributed by atoms with Crippen LogP contribution in [0.15, 0.2) is 12.7 Å². The van der Waals surface area contributed by atoms with Gasteiger partial charge >= 0.3 is 6.09 Å².